The number of carbonyl (C=O) groups is 10. The SMILES string of the molecule is CC[C@H](C)[C@H](NC(=O)CNC(=O)[C@@H](NC(=O)[C@H](Cc1c[nH]c2ccccc12)NC(=O)[C@@H](N)CCSC)[C@@H](C)CC)C(=O)N[C@H](C(=O)N[C@@H](CO)C(=O)N[C@@H](CC(C)C)C(=O)N[C@@H](Cc1ccccc1)C(=O)N1CCC[C@H]1C(=O)O)[C@@H](C)CC. The number of carbonyl (C=O) groups excluding carboxylic acids is 9. The number of carboxylic acids is 1. The minimum Gasteiger partial charge on any atom is -0.480 e. The van der Waals surface area contributed by atoms with Crippen LogP contribution in [0, 0.1) is 23.7 Å². The van der Waals surface area contributed by atoms with Gasteiger partial charge >= 0.3 is 5.97 Å². The number of aliphatic hydroxyl groups is 1. The van der Waals surface area contributed by atoms with E-state index in [9.17, 15) is 58.2 Å². The third kappa shape index (κ3) is 20.4. The van der Waals surface area contributed by atoms with E-state index in [1.54, 1.807) is 71.1 Å². The lowest BCUT2D eigenvalue weighted by molar-refractivity contribution is -0.149. The van der Waals surface area contributed by atoms with Crippen molar-refractivity contribution in [2.24, 2.45) is 29.4 Å². The number of aliphatic hydroxyl groups excluding tert-OH is 1. The fourth-order valence-electron chi connectivity index (χ4n) is 9.73. The monoisotopic (exact) mass is 1180 g/mol. The molecule has 0 aliphatic carbocycles. The first-order chi connectivity index (χ1) is 39.5. The Kier molecular flexibility index (Phi) is 28.0. The van der Waals surface area contributed by atoms with E-state index in [0.717, 1.165) is 16.5 Å². The molecule has 1 aromatic heterocycles. The largest absolute Gasteiger partial charge is 0.480 e. The summed E-state index contributed by atoms with van der Waals surface area (Å²) in [6.07, 6.45) is 6.13. The Hall–Kier alpha value is -7.05. The second-order valence-corrected chi connectivity index (χ2v) is 23.1. The molecular weight excluding hydrogens is 1090 g/mol. The van der Waals surface area contributed by atoms with E-state index in [4.69, 9.17) is 5.73 Å². The minimum absolute atomic E-state index is 0.0287. The number of rotatable bonds is 34. The number of para-hydroxylation sites is 1. The van der Waals surface area contributed by atoms with Crippen LogP contribution in [0.4, 0.5) is 0 Å². The highest BCUT2D eigenvalue weighted by atomic mass is 32.2. The Morgan fingerprint density at radius 3 is 1.78 bits per heavy atom. The molecule has 23 nitrogen and oxygen atoms in total. The maximum Gasteiger partial charge on any atom is 0.326 e. The number of hydrogen-bond donors (Lipinski definition) is 12. The maximum atomic E-state index is 14.2. The van der Waals surface area contributed by atoms with Crippen molar-refractivity contribution < 1.29 is 58.2 Å². The van der Waals surface area contributed by atoms with Crippen molar-refractivity contribution in [3.8, 4) is 0 Å². The number of amides is 9. The average Bonchev–Trinajstić information content (AvgIpc) is 4.36. The van der Waals surface area contributed by atoms with Crippen molar-refractivity contribution in [3.05, 3.63) is 71.9 Å². The molecule has 0 saturated carbocycles. The smallest absolute Gasteiger partial charge is 0.326 e. The summed E-state index contributed by atoms with van der Waals surface area (Å²) in [6.45, 7) is 12.8. The number of hydrogen-bond acceptors (Lipinski definition) is 13. The van der Waals surface area contributed by atoms with Gasteiger partial charge in [-0.05, 0) is 78.6 Å². The van der Waals surface area contributed by atoms with Crippen molar-refractivity contribution in [1.29, 1.82) is 0 Å². The Labute approximate surface area is 491 Å². The number of nitrogens with two attached hydrogens (primary N) is 1. The zero-order valence-corrected chi connectivity index (χ0v) is 50.2. The molecule has 1 aliphatic heterocycles. The number of carboxylic acid groups (broad SMARTS) is 1. The predicted octanol–water partition coefficient (Wildman–Crippen LogP) is 1.80. The number of aliphatic carboxylic acids is 1. The van der Waals surface area contributed by atoms with Gasteiger partial charge in [-0.1, -0.05) is 123 Å². The molecule has 1 aliphatic rings. The van der Waals surface area contributed by atoms with E-state index in [2.05, 4.69) is 47.5 Å². The van der Waals surface area contributed by atoms with Crippen molar-refractivity contribution in [2.75, 3.05) is 31.7 Å². The quantitative estimate of drug-likeness (QED) is 0.0406. The third-order valence-corrected chi connectivity index (χ3v) is 16.0. The molecular formula is C59H89N11O12S. The molecule has 83 heavy (non-hydrogen) atoms. The van der Waals surface area contributed by atoms with Gasteiger partial charge in [0.25, 0.3) is 0 Å². The van der Waals surface area contributed by atoms with Crippen LogP contribution in [0.1, 0.15) is 111 Å². The number of thioether (sulfide) groups is 1. The Bertz CT molecular complexity index is 2670. The summed E-state index contributed by atoms with van der Waals surface area (Å²) in [5.74, 6) is -8.69. The zero-order chi connectivity index (χ0) is 61.5. The maximum absolute atomic E-state index is 14.2. The molecule has 12 atom stereocenters. The van der Waals surface area contributed by atoms with Gasteiger partial charge < -0.3 is 68.4 Å². The van der Waals surface area contributed by atoms with Gasteiger partial charge in [-0.15, -0.1) is 0 Å². The molecule has 458 valence electrons. The van der Waals surface area contributed by atoms with Crippen LogP contribution in [0.2, 0.25) is 0 Å². The van der Waals surface area contributed by atoms with Gasteiger partial charge in [0.15, 0.2) is 0 Å². The van der Waals surface area contributed by atoms with E-state index >= 15 is 0 Å². The van der Waals surface area contributed by atoms with E-state index in [0.29, 0.717) is 43.4 Å². The van der Waals surface area contributed by atoms with Gasteiger partial charge in [-0.3, -0.25) is 43.2 Å². The van der Waals surface area contributed by atoms with Crippen molar-refractivity contribution >= 4 is 81.8 Å². The minimum atomic E-state index is -1.62. The molecule has 0 radical (unpaired) electrons. The molecule has 9 amide bonds. The number of fused-ring (bicyclic) bond motifs is 1. The Balaban J connectivity index is 1.45. The topological polar surface area (TPSA) is 352 Å². The number of aromatic amines is 1. The lowest BCUT2D eigenvalue weighted by atomic mass is 9.94. The number of benzene rings is 2. The predicted molar refractivity (Wildman–Crippen MR) is 317 cm³/mol. The fraction of sp³-hybridized carbons (Fsp3) is 0.593. The molecule has 24 heteroatoms. The van der Waals surface area contributed by atoms with Crippen LogP contribution in [-0.2, 0) is 60.8 Å². The summed E-state index contributed by atoms with van der Waals surface area (Å²) >= 11 is 1.53. The number of likely N-dealkylation sites (tertiary alicyclic amines) is 1. The number of aromatic nitrogens is 1. The van der Waals surface area contributed by atoms with Gasteiger partial charge in [0.1, 0.15) is 48.3 Å². The van der Waals surface area contributed by atoms with Crippen LogP contribution in [0.25, 0.3) is 10.9 Å². The Morgan fingerprint density at radius 2 is 1.18 bits per heavy atom. The zero-order valence-electron chi connectivity index (χ0n) is 49.4. The van der Waals surface area contributed by atoms with Crippen LogP contribution >= 0.6 is 11.8 Å². The highest BCUT2D eigenvalue weighted by Crippen LogP contribution is 2.22. The number of nitrogens with zero attached hydrogens (tertiary/aromatic N) is 1. The van der Waals surface area contributed by atoms with Gasteiger partial charge in [-0.25, -0.2) is 4.79 Å². The second kappa shape index (κ2) is 33.9. The normalized spacial score (nSPS) is 17.2. The van der Waals surface area contributed by atoms with E-state index in [1.807, 2.05) is 51.3 Å². The van der Waals surface area contributed by atoms with Gasteiger partial charge in [-0.2, -0.15) is 11.8 Å². The van der Waals surface area contributed by atoms with Gasteiger partial charge in [0.2, 0.25) is 53.2 Å². The molecule has 4 rings (SSSR count). The molecule has 0 bridgehead atoms. The summed E-state index contributed by atoms with van der Waals surface area (Å²) in [6, 6.07) is 5.51. The lowest BCUT2D eigenvalue weighted by Gasteiger charge is -2.31. The summed E-state index contributed by atoms with van der Waals surface area (Å²) in [5, 5.41) is 42.7. The van der Waals surface area contributed by atoms with Crippen molar-refractivity contribution in [1.82, 2.24) is 52.4 Å². The van der Waals surface area contributed by atoms with Crippen LogP contribution in [0.3, 0.4) is 0 Å². The molecule has 13 N–H and O–H groups in total. The van der Waals surface area contributed by atoms with Crippen LogP contribution in [-0.4, -0.2) is 165 Å². The summed E-state index contributed by atoms with van der Waals surface area (Å²) < 4.78 is 0. The molecule has 0 spiro atoms. The summed E-state index contributed by atoms with van der Waals surface area (Å²) in [7, 11) is 0. The summed E-state index contributed by atoms with van der Waals surface area (Å²) in [4.78, 5) is 142. The molecule has 1 fully saturated rings. The highest BCUT2D eigenvalue weighted by Gasteiger charge is 2.40. The number of H-pyrrole nitrogens is 1. The van der Waals surface area contributed by atoms with E-state index in [-0.39, 0.29) is 38.1 Å². The van der Waals surface area contributed by atoms with E-state index < -0.39 is 144 Å². The first kappa shape index (κ1) is 68.4. The lowest BCUT2D eigenvalue weighted by Crippen LogP contribution is -2.62. The first-order valence-corrected chi connectivity index (χ1v) is 30.2. The second-order valence-electron chi connectivity index (χ2n) is 22.1. The molecule has 0 unspecified atom stereocenters. The Morgan fingerprint density at radius 1 is 0.651 bits per heavy atom. The van der Waals surface area contributed by atoms with Gasteiger partial charge in [0.05, 0.1) is 19.2 Å². The highest BCUT2D eigenvalue weighted by molar-refractivity contribution is 7.98. The molecule has 2 heterocycles. The first-order valence-electron chi connectivity index (χ1n) is 28.8. The van der Waals surface area contributed by atoms with Crippen LogP contribution in [0.15, 0.2) is 60.8 Å². The van der Waals surface area contributed by atoms with Gasteiger partial charge in [0, 0.05) is 36.5 Å². The molecule has 2 aromatic carbocycles. The number of nitrogens with one attached hydrogen (secondary N) is 9. The summed E-state index contributed by atoms with van der Waals surface area (Å²) in [5.41, 5.74) is 8.48. The average molecular weight is 1180 g/mol. The molecule has 1 saturated heterocycles. The fourth-order valence-corrected chi connectivity index (χ4v) is 10.2. The van der Waals surface area contributed by atoms with Crippen molar-refractivity contribution in [2.45, 2.75) is 168 Å². The van der Waals surface area contributed by atoms with E-state index in [1.165, 1.54) is 16.7 Å². The van der Waals surface area contributed by atoms with Crippen molar-refractivity contribution in [3.63, 3.8) is 0 Å². The molecule has 3 aromatic rings. The third-order valence-electron chi connectivity index (χ3n) is 15.4. The van der Waals surface area contributed by atoms with Crippen LogP contribution in [0.5, 0.6) is 0 Å². The standard InChI is InChI=1S/C59H89N11O12S/c1-10-34(6)48(68-53(75)43(63-51(73)40(60)24-26-83-9)29-38-30-61-41-22-17-16-21-39(38)41)55(77)62-31-47(72)67-49(35(7)11-2)57(79)69-50(36(8)12-3)56(78)66-45(32-71)54(76)64-42(27-33(4)5)52(74)65-44(28-37-19-14-13-15-20-37)58(80)70-25-18-23-46(70)59(81)82/h13-17,19-22,30,33-36,40,42-46,48-50,61,71H,10-12,18,23-29,31-32,60H2,1-9H3,(H,62,77)(H,63,73)(H,64,76)(H,65,74)(H,66,78)(H,67,72)(H,68,75)(H,69,79)(H,81,82)/t34-,35-,36-,40-,42-,43-,44-,45-,46-,48-,49-,50-/m0/s1. The van der Waals surface area contributed by atoms with Crippen LogP contribution < -0.4 is 48.3 Å².